The second-order valence-electron chi connectivity index (χ2n) is 8.69. The van der Waals surface area contributed by atoms with Crippen molar-refractivity contribution in [3.05, 3.63) is 0 Å². The van der Waals surface area contributed by atoms with Gasteiger partial charge in [0.2, 0.25) is 0 Å². The van der Waals surface area contributed by atoms with Crippen molar-refractivity contribution in [3.8, 4) is 0 Å². The quantitative estimate of drug-likeness (QED) is 0.180. The highest BCUT2D eigenvalue weighted by atomic mass is 14.1. The van der Waals surface area contributed by atoms with Crippen molar-refractivity contribution in [2.24, 2.45) is 5.92 Å². The maximum absolute atomic E-state index is 2.47. The molecule has 25 heavy (non-hydrogen) atoms. The first-order chi connectivity index (χ1) is 12.3. The van der Waals surface area contributed by atoms with Crippen molar-refractivity contribution < 1.29 is 0 Å². The van der Waals surface area contributed by atoms with Gasteiger partial charge in [0.05, 0.1) is 0 Å². The largest absolute Gasteiger partial charge is 0.0654 e. The smallest absolute Gasteiger partial charge is 0.0443 e. The summed E-state index contributed by atoms with van der Waals surface area (Å²) < 4.78 is 0. The fourth-order valence-corrected chi connectivity index (χ4v) is 3.93. The molecule has 0 aromatic rings. The van der Waals surface area contributed by atoms with Crippen molar-refractivity contribution in [2.45, 2.75) is 156 Å². The van der Waals surface area contributed by atoms with Crippen molar-refractivity contribution >= 4 is 0 Å². The number of hydrogen-bond donors (Lipinski definition) is 0. The van der Waals surface area contributed by atoms with Gasteiger partial charge in [-0.15, -0.1) is 0 Å². The highest BCUT2D eigenvalue weighted by Crippen LogP contribution is 2.18. The Hall–Kier alpha value is 0. The summed E-state index contributed by atoms with van der Waals surface area (Å²) in [6.45, 7) is 7.08. The van der Waals surface area contributed by atoms with Crippen LogP contribution >= 0.6 is 0 Å². The third-order valence-corrected chi connectivity index (χ3v) is 5.85. The Morgan fingerprint density at radius 1 is 0.360 bits per heavy atom. The first kappa shape index (κ1) is 25.0. The van der Waals surface area contributed by atoms with E-state index >= 15 is 0 Å². The molecule has 0 aliphatic rings. The topological polar surface area (TPSA) is 0 Å². The van der Waals surface area contributed by atoms with Gasteiger partial charge in [0.1, 0.15) is 0 Å². The zero-order valence-corrected chi connectivity index (χ0v) is 18.4. The van der Waals surface area contributed by atoms with Gasteiger partial charge >= 0.3 is 0 Å². The molecule has 0 heterocycles. The zero-order chi connectivity index (χ0) is 18.4. The molecule has 0 fully saturated rings. The molecule has 0 radical (unpaired) electrons. The molecule has 0 unspecified atom stereocenters. The molecule has 0 bridgehead atoms. The Labute approximate surface area is 161 Å². The van der Waals surface area contributed by atoms with E-state index in [9.17, 15) is 0 Å². The van der Waals surface area contributed by atoms with Crippen LogP contribution in [0, 0.1) is 5.92 Å². The highest BCUT2D eigenvalue weighted by molar-refractivity contribution is 4.56. The Bertz CT molecular complexity index is 220. The van der Waals surface area contributed by atoms with Crippen LogP contribution in [0.4, 0.5) is 0 Å². The van der Waals surface area contributed by atoms with Crippen molar-refractivity contribution in [1.82, 2.24) is 0 Å². The molecule has 0 aromatic heterocycles. The van der Waals surface area contributed by atoms with Gasteiger partial charge in [0.15, 0.2) is 0 Å². The van der Waals surface area contributed by atoms with Crippen LogP contribution in [-0.4, -0.2) is 0 Å². The molecule has 0 amide bonds. The van der Waals surface area contributed by atoms with Gasteiger partial charge in [-0.05, 0) is 5.92 Å². The zero-order valence-electron chi connectivity index (χ0n) is 18.4. The molecule has 0 aliphatic heterocycles. The van der Waals surface area contributed by atoms with Gasteiger partial charge in [-0.1, -0.05) is 156 Å². The second-order valence-corrected chi connectivity index (χ2v) is 8.69. The summed E-state index contributed by atoms with van der Waals surface area (Å²) in [6, 6.07) is 0. The summed E-state index contributed by atoms with van der Waals surface area (Å²) in [7, 11) is 0. The van der Waals surface area contributed by atoms with E-state index in [1.807, 2.05) is 0 Å². The minimum absolute atomic E-state index is 0.971. The summed E-state index contributed by atoms with van der Waals surface area (Å²) in [5, 5.41) is 0. The van der Waals surface area contributed by atoms with Gasteiger partial charge in [0.25, 0.3) is 0 Å². The fraction of sp³-hybridized carbons (Fsp3) is 1.00. The van der Waals surface area contributed by atoms with E-state index in [1.165, 1.54) is 135 Å². The van der Waals surface area contributed by atoms with E-state index in [-0.39, 0.29) is 0 Å². The molecule has 0 rings (SSSR count). The van der Waals surface area contributed by atoms with E-state index < -0.39 is 0 Å². The molecule has 1 atom stereocenters. The van der Waals surface area contributed by atoms with Crippen LogP contribution in [0.5, 0.6) is 0 Å². The van der Waals surface area contributed by atoms with Gasteiger partial charge < -0.3 is 0 Å². The van der Waals surface area contributed by atoms with Crippen LogP contribution in [0.2, 0.25) is 0 Å². The highest BCUT2D eigenvalue weighted by Gasteiger charge is 2.02. The third kappa shape index (κ3) is 22.0. The minimum atomic E-state index is 0.971. The van der Waals surface area contributed by atoms with E-state index in [2.05, 4.69) is 20.8 Å². The molecule has 0 nitrogen and oxygen atoms in total. The lowest BCUT2D eigenvalue weighted by molar-refractivity contribution is 0.431. The lowest BCUT2D eigenvalue weighted by Gasteiger charge is -2.11. The Morgan fingerprint density at radius 2 is 0.600 bits per heavy atom. The summed E-state index contributed by atoms with van der Waals surface area (Å²) in [5.41, 5.74) is 0. The van der Waals surface area contributed by atoms with Crippen molar-refractivity contribution in [2.75, 3.05) is 0 Å². The standard InChI is InChI=1S/C25H52/c1-4-6-8-10-11-12-13-14-15-16-17-18-20-22-24-25(3)23-21-19-9-7-5-2/h25H,4-24H2,1-3H3/t25-/m0/s1. The summed E-state index contributed by atoms with van der Waals surface area (Å²) in [6.07, 6.45) is 30.8. The Balaban J connectivity index is 3.08. The molecule has 0 spiro atoms. The van der Waals surface area contributed by atoms with Crippen molar-refractivity contribution in [1.29, 1.82) is 0 Å². The summed E-state index contributed by atoms with van der Waals surface area (Å²) in [5.74, 6) is 0.971. The van der Waals surface area contributed by atoms with Gasteiger partial charge in [-0.2, -0.15) is 0 Å². The molecule has 0 saturated carbocycles. The predicted octanol–water partition coefficient (Wildman–Crippen LogP) is 9.85. The van der Waals surface area contributed by atoms with Crippen LogP contribution in [-0.2, 0) is 0 Å². The average Bonchev–Trinajstić information content (AvgIpc) is 2.62. The molecule has 0 N–H and O–H groups in total. The van der Waals surface area contributed by atoms with Crippen LogP contribution in [0.3, 0.4) is 0 Å². The number of hydrogen-bond acceptors (Lipinski definition) is 0. The lowest BCUT2D eigenvalue weighted by atomic mass is 9.96. The van der Waals surface area contributed by atoms with E-state index in [4.69, 9.17) is 0 Å². The maximum atomic E-state index is 2.47. The molecular weight excluding hydrogens is 300 g/mol. The monoisotopic (exact) mass is 352 g/mol. The van der Waals surface area contributed by atoms with Gasteiger partial charge in [0, 0.05) is 0 Å². The fourth-order valence-electron chi connectivity index (χ4n) is 3.93. The number of rotatable bonds is 21. The lowest BCUT2D eigenvalue weighted by Crippen LogP contribution is -1.95. The van der Waals surface area contributed by atoms with Crippen molar-refractivity contribution in [3.63, 3.8) is 0 Å². The average molecular weight is 353 g/mol. The van der Waals surface area contributed by atoms with Crippen LogP contribution in [0.25, 0.3) is 0 Å². The molecule has 0 aliphatic carbocycles. The Morgan fingerprint density at radius 3 is 0.880 bits per heavy atom. The number of unbranched alkanes of at least 4 members (excludes halogenated alkanes) is 17. The summed E-state index contributed by atoms with van der Waals surface area (Å²) in [4.78, 5) is 0. The summed E-state index contributed by atoms with van der Waals surface area (Å²) >= 11 is 0. The van der Waals surface area contributed by atoms with Crippen LogP contribution < -0.4 is 0 Å². The molecular formula is C25H52. The van der Waals surface area contributed by atoms with Gasteiger partial charge in [-0.25, -0.2) is 0 Å². The first-order valence-corrected chi connectivity index (χ1v) is 12.3. The van der Waals surface area contributed by atoms with Gasteiger partial charge in [-0.3, -0.25) is 0 Å². The molecule has 0 saturated heterocycles. The SMILES string of the molecule is CCCCCCCCCCCCCCCC[C@@H](C)CCCCCCC. The van der Waals surface area contributed by atoms with E-state index in [0.29, 0.717) is 0 Å². The van der Waals surface area contributed by atoms with E-state index in [1.54, 1.807) is 0 Å². The molecule has 0 aromatic carbocycles. The van der Waals surface area contributed by atoms with Crippen LogP contribution in [0.15, 0.2) is 0 Å². The normalized spacial score (nSPS) is 12.6. The molecule has 152 valence electrons. The van der Waals surface area contributed by atoms with Crippen LogP contribution in [0.1, 0.15) is 156 Å². The van der Waals surface area contributed by atoms with E-state index in [0.717, 1.165) is 5.92 Å². The molecule has 0 heteroatoms. The minimum Gasteiger partial charge on any atom is -0.0654 e. The Kier molecular flexibility index (Phi) is 22.0. The second kappa shape index (κ2) is 22.0. The predicted molar refractivity (Wildman–Crippen MR) is 117 cm³/mol. The first-order valence-electron chi connectivity index (χ1n) is 12.3. The third-order valence-electron chi connectivity index (χ3n) is 5.85. The maximum Gasteiger partial charge on any atom is -0.0443 e.